The van der Waals surface area contributed by atoms with Gasteiger partial charge >= 0.3 is 0 Å². The van der Waals surface area contributed by atoms with E-state index in [2.05, 4.69) is 289 Å². The quantitative estimate of drug-likeness (QED) is 0.142. The predicted molar refractivity (Wildman–Crippen MR) is 346 cm³/mol. The van der Waals surface area contributed by atoms with Crippen LogP contribution in [-0.4, -0.2) is 0 Å². The van der Waals surface area contributed by atoms with E-state index >= 15 is 0 Å². The lowest BCUT2D eigenvalue weighted by molar-refractivity contribution is 0.668. The van der Waals surface area contributed by atoms with Crippen LogP contribution in [0.25, 0.3) is 131 Å². The van der Waals surface area contributed by atoms with Crippen molar-refractivity contribution in [3.8, 4) is 22.3 Å². The Morgan fingerprint density at radius 3 is 0.963 bits per heavy atom. The first kappa shape index (κ1) is 46.0. The third-order valence-corrected chi connectivity index (χ3v) is 16.9. The summed E-state index contributed by atoms with van der Waals surface area (Å²) in [5, 5.41) is 18.3. The normalized spacial score (nSPS) is 11.9. The van der Waals surface area contributed by atoms with E-state index in [1.807, 2.05) is 12.1 Å². The van der Waals surface area contributed by atoms with Crippen molar-refractivity contribution in [2.24, 2.45) is 0 Å². The number of furan rings is 2. The number of para-hydroxylation sites is 4. The molecule has 0 saturated carbocycles. The Morgan fingerprint density at radius 1 is 0.207 bits per heavy atom. The van der Waals surface area contributed by atoms with Crippen LogP contribution in [0, 0.1) is 0 Å². The van der Waals surface area contributed by atoms with Gasteiger partial charge in [0, 0.05) is 44.3 Å². The Morgan fingerprint density at radius 2 is 0.537 bits per heavy atom. The fourth-order valence-corrected chi connectivity index (χ4v) is 13.1. The van der Waals surface area contributed by atoms with Crippen molar-refractivity contribution in [2.75, 3.05) is 9.80 Å². The average molecular weight is 1050 g/mol. The van der Waals surface area contributed by atoms with Crippen LogP contribution in [-0.2, 0) is 0 Å². The van der Waals surface area contributed by atoms with E-state index in [1.54, 1.807) is 0 Å². The fraction of sp³-hybridized carbons (Fsp3) is 0. The molecule has 382 valence electrons. The molecule has 17 aromatic rings. The van der Waals surface area contributed by atoms with Crippen molar-refractivity contribution in [3.63, 3.8) is 0 Å². The summed E-state index contributed by atoms with van der Waals surface area (Å²) in [5.74, 6) is 0. The Kier molecular flexibility index (Phi) is 10.3. The van der Waals surface area contributed by atoms with Crippen LogP contribution in [0.3, 0.4) is 0 Å². The molecule has 2 heterocycles. The number of hydrogen-bond acceptors (Lipinski definition) is 4. The molecular weight excluding hydrogens is 997 g/mol. The largest absolute Gasteiger partial charge is 0.454 e. The van der Waals surface area contributed by atoms with Gasteiger partial charge in [0.25, 0.3) is 0 Å². The van der Waals surface area contributed by atoms with E-state index < -0.39 is 0 Å². The Hall–Kier alpha value is -10.9. The third-order valence-electron chi connectivity index (χ3n) is 16.9. The van der Waals surface area contributed by atoms with E-state index in [0.29, 0.717) is 0 Å². The number of benzene rings is 15. The first-order valence-corrected chi connectivity index (χ1v) is 28.0. The summed E-state index contributed by atoms with van der Waals surface area (Å²) in [6.07, 6.45) is 0. The molecule has 0 saturated heterocycles. The molecule has 17 rings (SSSR count). The molecule has 4 heteroatoms. The summed E-state index contributed by atoms with van der Waals surface area (Å²) in [4.78, 5) is 4.79. The van der Waals surface area contributed by atoms with Crippen LogP contribution in [0.15, 0.2) is 300 Å². The van der Waals surface area contributed by atoms with E-state index in [-0.39, 0.29) is 0 Å². The van der Waals surface area contributed by atoms with Crippen molar-refractivity contribution in [1.82, 2.24) is 0 Å². The first-order chi connectivity index (χ1) is 40.6. The number of nitrogens with zero attached hydrogens (tertiary/aromatic N) is 2. The van der Waals surface area contributed by atoms with Crippen LogP contribution >= 0.6 is 0 Å². The molecule has 0 unspecified atom stereocenters. The molecule has 2 aromatic heterocycles. The zero-order chi connectivity index (χ0) is 53.8. The minimum atomic E-state index is 0.837. The summed E-state index contributed by atoms with van der Waals surface area (Å²) in [7, 11) is 0. The molecule has 0 aliphatic rings. The molecule has 0 aliphatic heterocycles. The molecule has 0 fully saturated rings. The lowest BCUT2D eigenvalue weighted by Gasteiger charge is -2.28. The SMILES string of the molecule is c1ccc2cc(-c3c4ccc(N(c5ccc6ccccc6c5)c5cccc6c5oc5ccccc56)cc4c(-c4ccc5ccccc5c4)c4ccc(N(c5ccc6ccccc6c5)c5cccc6c5oc5ccccc56)cc34)ccc2c1. The summed E-state index contributed by atoms with van der Waals surface area (Å²) in [5.41, 5.74) is 14.0. The lowest BCUT2D eigenvalue weighted by Crippen LogP contribution is -2.11. The number of hydrogen-bond donors (Lipinski definition) is 0. The standard InChI is InChI=1S/C78H48N2O2/c1-5-19-53-43-57(33-31-49(53)15-1)75-65-41-39-62(80(60-38-36-52-18-4-8-22-56(52)46-60)72-28-14-26-68-64-24-10-12-30-74(64)82-78(68)72)48-70(65)76(58-34-32-50-16-2-6-20-54(50)44-58)66-42-40-61(47-69(66)75)79(59-37-35-51-17-3-7-21-55(51)45-59)71-27-13-25-67-63-23-9-11-29-73(63)81-77(67)71/h1-48H. The highest BCUT2D eigenvalue weighted by atomic mass is 16.3. The van der Waals surface area contributed by atoms with Crippen LogP contribution in [0.1, 0.15) is 0 Å². The van der Waals surface area contributed by atoms with E-state index in [9.17, 15) is 0 Å². The van der Waals surface area contributed by atoms with Gasteiger partial charge in [-0.3, -0.25) is 0 Å². The average Bonchev–Trinajstić information content (AvgIpc) is 2.05. The van der Waals surface area contributed by atoms with Crippen LogP contribution in [0.5, 0.6) is 0 Å². The molecule has 0 bridgehead atoms. The van der Waals surface area contributed by atoms with Crippen molar-refractivity contribution in [3.05, 3.63) is 291 Å². The molecule has 82 heavy (non-hydrogen) atoms. The number of rotatable bonds is 8. The zero-order valence-electron chi connectivity index (χ0n) is 44.4. The van der Waals surface area contributed by atoms with Gasteiger partial charge in [-0.2, -0.15) is 0 Å². The van der Waals surface area contributed by atoms with Gasteiger partial charge in [-0.25, -0.2) is 0 Å². The minimum absolute atomic E-state index is 0.837. The van der Waals surface area contributed by atoms with Crippen LogP contribution in [0.2, 0.25) is 0 Å². The topological polar surface area (TPSA) is 32.8 Å². The second kappa shape index (κ2) is 18.3. The highest BCUT2D eigenvalue weighted by Crippen LogP contribution is 2.51. The molecule has 0 N–H and O–H groups in total. The Bertz CT molecular complexity index is 5120. The van der Waals surface area contributed by atoms with E-state index in [1.165, 1.54) is 32.3 Å². The Balaban J connectivity index is 0.988. The van der Waals surface area contributed by atoms with Crippen LogP contribution in [0.4, 0.5) is 34.1 Å². The number of fused-ring (bicyclic) bond motifs is 12. The lowest BCUT2D eigenvalue weighted by atomic mass is 9.84. The van der Waals surface area contributed by atoms with Gasteiger partial charge in [-0.15, -0.1) is 0 Å². The molecule has 4 nitrogen and oxygen atoms in total. The highest BCUT2D eigenvalue weighted by Gasteiger charge is 2.26. The van der Waals surface area contributed by atoms with Gasteiger partial charge in [0.2, 0.25) is 0 Å². The third kappa shape index (κ3) is 7.32. The zero-order valence-corrected chi connectivity index (χ0v) is 44.4. The first-order valence-electron chi connectivity index (χ1n) is 28.0. The molecule has 0 atom stereocenters. The molecule has 0 aliphatic carbocycles. The summed E-state index contributed by atoms with van der Waals surface area (Å²) < 4.78 is 13.8. The highest BCUT2D eigenvalue weighted by molar-refractivity contribution is 6.24. The van der Waals surface area contributed by atoms with Crippen molar-refractivity contribution in [2.45, 2.75) is 0 Å². The van der Waals surface area contributed by atoms with Crippen molar-refractivity contribution >= 4 is 143 Å². The molecule has 0 radical (unpaired) electrons. The van der Waals surface area contributed by atoms with Crippen LogP contribution < -0.4 is 9.80 Å². The maximum Gasteiger partial charge on any atom is 0.159 e. The fourth-order valence-electron chi connectivity index (χ4n) is 13.1. The van der Waals surface area contributed by atoms with Gasteiger partial charge in [0.1, 0.15) is 11.2 Å². The second-order valence-corrected chi connectivity index (χ2v) is 21.6. The van der Waals surface area contributed by atoms with Gasteiger partial charge in [-0.1, -0.05) is 206 Å². The van der Waals surface area contributed by atoms with Gasteiger partial charge in [0.15, 0.2) is 11.2 Å². The smallest absolute Gasteiger partial charge is 0.159 e. The second-order valence-electron chi connectivity index (χ2n) is 21.6. The van der Waals surface area contributed by atoms with Gasteiger partial charge in [-0.05, 0) is 172 Å². The van der Waals surface area contributed by atoms with Crippen molar-refractivity contribution < 1.29 is 8.83 Å². The molecular formula is C78H48N2O2. The summed E-state index contributed by atoms with van der Waals surface area (Å²) in [6, 6.07) is 106. The molecule has 15 aromatic carbocycles. The van der Waals surface area contributed by atoms with Gasteiger partial charge in [0.05, 0.1) is 11.4 Å². The summed E-state index contributed by atoms with van der Waals surface area (Å²) in [6.45, 7) is 0. The maximum absolute atomic E-state index is 6.89. The summed E-state index contributed by atoms with van der Waals surface area (Å²) >= 11 is 0. The Labute approximate surface area is 472 Å². The minimum Gasteiger partial charge on any atom is -0.454 e. The van der Waals surface area contributed by atoms with Crippen molar-refractivity contribution in [1.29, 1.82) is 0 Å². The maximum atomic E-state index is 6.89. The monoisotopic (exact) mass is 1040 g/mol. The predicted octanol–water partition coefficient (Wildman–Crippen LogP) is 22.7. The van der Waals surface area contributed by atoms with E-state index in [0.717, 1.165) is 133 Å². The van der Waals surface area contributed by atoms with Gasteiger partial charge < -0.3 is 18.6 Å². The number of anilines is 6. The molecule has 0 amide bonds. The van der Waals surface area contributed by atoms with E-state index in [4.69, 9.17) is 8.83 Å². The molecule has 0 spiro atoms.